The zero-order valence-corrected chi connectivity index (χ0v) is 15.5. The molecule has 0 fully saturated rings. The number of hydrogen-bond acceptors (Lipinski definition) is 2. The maximum atomic E-state index is 6.18. The second-order valence-electron chi connectivity index (χ2n) is 6.20. The highest BCUT2D eigenvalue weighted by Crippen LogP contribution is 2.23. The van der Waals surface area contributed by atoms with E-state index in [2.05, 4.69) is 65.9 Å². The first-order chi connectivity index (χ1) is 10.1. The van der Waals surface area contributed by atoms with Gasteiger partial charge in [0, 0.05) is 16.6 Å². The van der Waals surface area contributed by atoms with Crippen LogP contribution in [0, 0.1) is 0 Å². The van der Waals surface area contributed by atoms with E-state index < -0.39 is 0 Å². The summed E-state index contributed by atoms with van der Waals surface area (Å²) in [5.74, 6) is 0. The lowest BCUT2D eigenvalue weighted by atomic mass is 9.90. The van der Waals surface area contributed by atoms with Crippen molar-refractivity contribution in [3.05, 3.63) is 34.3 Å². The maximum Gasteiger partial charge on any atom is 0.0343 e. The van der Waals surface area contributed by atoms with Crippen molar-refractivity contribution in [1.82, 2.24) is 4.90 Å². The summed E-state index contributed by atoms with van der Waals surface area (Å²) in [6.45, 7) is 9.84. The third-order valence-corrected chi connectivity index (χ3v) is 4.79. The zero-order chi connectivity index (χ0) is 15.7. The van der Waals surface area contributed by atoms with E-state index in [0.29, 0.717) is 6.54 Å². The standard InChI is InChI=1S/C18H31BrN2/c1-4-6-12-21(13-7-5-2)18(3,15-20)14-16-8-10-17(19)11-9-16/h8-11H,4-7,12-15,20H2,1-3H3. The second-order valence-corrected chi connectivity index (χ2v) is 7.11. The van der Waals surface area contributed by atoms with Gasteiger partial charge in [-0.1, -0.05) is 54.8 Å². The molecule has 0 amide bonds. The van der Waals surface area contributed by atoms with E-state index in [0.717, 1.165) is 24.0 Å². The second kappa shape index (κ2) is 9.60. The summed E-state index contributed by atoms with van der Waals surface area (Å²) >= 11 is 3.50. The molecule has 0 aliphatic rings. The van der Waals surface area contributed by atoms with Crippen molar-refractivity contribution in [2.75, 3.05) is 19.6 Å². The van der Waals surface area contributed by atoms with Crippen LogP contribution in [-0.4, -0.2) is 30.1 Å². The highest BCUT2D eigenvalue weighted by molar-refractivity contribution is 9.10. The van der Waals surface area contributed by atoms with Gasteiger partial charge in [0.15, 0.2) is 0 Å². The van der Waals surface area contributed by atoms with Gasteiger partial charge >= 0.3 is 0 Å². The molecule has 0 saturated carbocycles. The zero-order valence-electron chi connectivity index (χ0n) is 13.9. The molecule has 0 aliphatic heterocycles. The Morgan fingerprint density at radius 1 is 1.05 bits per heavy atom. The van der Waals surface area contributed by atoms with Crippen molar-refractivity contribution in [3.8, 4) is 0 Å². The normalized spacial score (nSPS) is 14.4. The number of nitrogens with two attached hydrogens (primary N) is 1. The summed E-state index contributed by atoms with van der Waals surface area (Å²) < 4.78 is 1.13. The number of unbranched alkanes of at least 4 members (excludes halogenated alkanes) is 2. The molecule has 0 heterocycles. The molecule has 1 unspecified atom stereocenters. The topological polar surface area (TPSA) is 29.3 Å². The molecule has 21 heavy (non-hydrogen) atoms. The van der Waals surface area contributed by atoms with Gasteiger partial charge in [-0.3, -0.25) is 4.90 Å². The largest absolute Gasteiger partial charge is 0.329 e. The Hall–Kier alpha value is -0.380. The molecule has 0 bridgehead atoms. The van der Waals surface area contributed by atoms with Crippen LogP contribution in [-0.2, 0) is 6.42 Å². The minimum absolute atomic E-state index is 0.0537. The molecule has 3 heteroatoms. The Morgan fingerprint density at radius 2 is 1.57 bits per heavy atom. The highest BCUT2D eigenvalue weighted by atomic mass is 79.9. The lowest BCUT2D eigenvalue weighted by Gasteiger charge is -2.41. The van der Waals surface area contributed by atoms with Gasteiger partial charge in [-0.25, -0.2) is 0 Å². The van der Waals surface area contributed by atoms with Crippen molar-refractivity contribution < 1.29 is 0 Å². The van der Waals surface area contributed by atoms with E-state index in [4.69, 9.17) is 5.73 Å². The molecule has 0 aromatic heterocycles. The van der Waals surface area contributed by atoms with Crippen LogP contribution in [0.1, 0.15) is 52.0 Å². The van der Waals surface area contributed by atoms with Crippen LogP contribution in [0.25, 0.3) is 0 Å². The molecule has 2 nitrogen and oxygen atoms in total. The predicted octanol–water partition coefficient (Wildman–Crippen LogP) is 4.61. The van der Waals surface area contributed by atoms with Gasteiger partial charge < -0.3 is 5.73 Å². The number of halogens is 1. The Balaban J connectivity index is 2.82. The van der Waals surface area contributed by atoms with Gasteiger partial charge in [0.1, 0.15) is 0 Å². The lowest BCUT2D eigenvalue weighted by molar-refractivity contribution is 0.106. The van der Waals surface area contributed by atoms with E-state index in [1.54, 1.807) is 0 Å². The third kappa shape index (κ3) is 6.09. The van der Waals surface area contributed by atoms with Crippen LogP contribution in [0.3, 0.4) is 0 Å². The van der Waals surface area contributed by atoms with Gasteiger partial charge in [-0.2, -0.15) is 0 Å². The van der Waals surface area contributed by atoms with Crippen LogP contribution in [0.2, 0.25) is 0 Å². The molecule has 0 spiro atoms. The average Bonchev–Trinajstić information content (AvgIpc) is 2.49. The number of benzene rings is 1. The fraction of sp³-hybridized carbons (Fsp3) is 0.667. The van der Waals surface area contributed by atoms with Gasteiger partial charge in [0.2, 0.25) is 0 Å². The Morgan fingerprint density at radius 3 is 2.00 bits per heavy atom. The molecule has 1 atom stereocenters. The van der Waals surface area contributed by atoms with Crippen molar-refractivity contribution in [2.45, 2.75) is 58.4 Å². The lowest BCUT2D eigenvalue weighted by Crippen LogP contribution is -2.53. The average molecular weight is 355 g/mol. The summed E-state index contributed by atoms with van der Waals surface area (Å²) in [5.41, 5.74) is 7.60. The number of nitrogens with zero attached hydrogens (tertiary/aromatic N) is 1. The predicted molar refractivity (Wildman–Crippen MR) is 96.7 cm³/mol. The van der Waals surface area contributed by atoms with Gasteiger partial charge in [0.25, 0.3) is 0 Å². The summed E-state index contributed by atoms with van der Waals surface area (Å²) in [6.07, 6.45) is 5.99. The fourth-order valence-corrected chi connectivity index (χ4v) is 2.97. The minimum atomic E-state index is 0.0537. The first-order valence-corrected chi connectivity index (χ1v) is 9.04. The molecule has 0 aliphatic carbocycles. The van der Waals surface area contributed by atoms with Gasteiger partial charge in [0.05, 0.1) is 0 Å². The quantitative estimate of drug-likeness (QED) is 0.664. The van der Waals surface area contributed by atoms with Crippen molar-refractivity contribution in [3.63, 3.8) is 0 Å². The van der Waals surface area contributed by atoms with E-state index >= 15 is 0 Å². The fourth-order valence-electron chi connectivity index (χ4n) is 2.70. The smallest absolute Gasteiger partial charge is 0.0343 e. The molecular formula is C18H31BrN2. The minimum Gasteiger partial charge on any atom is -0.329 e. The summed E-state index contributed by atoms with van der Waals surface area (Å²) in [4.78, 5) is 2.61. The van der Waals surface area contributed by atoms with E-state index in [9.17, 15) is 0 Å². The summed E-state index contributed by atoms with van der Waals surface area (Å²) in [7, 11) is 0. The van der Waals surface area contributed by atoms with Crippen LogP contribution in [0.15, 0.2) is 28.7 Å². The van der Waals surface area contributed by atoms with Crippen LogP contribution in [0.5, 0.6) is 0 Å². The first kappa shape index (κ1) is 18.7. The molecule has 120 valence electrons. The molecule has 1 aromatic carbocycles. The monoisotopic (exact) mass is 354 g/mol. The Labute approximate surface area is 139 Å². The number of rotatable bonds is 10. The molecule has 1 aromatic rings. The Kier molecular flexibility index (Phi) is 8.53. The Bertz CT molecular complexity index is 383. The first-order valence-electron chi connectivity index (χ1n) is 8.25. The van der Waals surface area contributed by atoms with Crippen molar-refractivity contribution in [1.29, 1.82) is 0 Å². The van der Waals surface area contributed by atoms with Gasteiger partial charge in [-0.15, -0.1) is 0 Å². The summed E-state index contributed by atoms with van der Waals surface area (Å²) in [5, 5.41) is 0. The third-order valence-electron chi connectivity index (χ3n) is 4.26. The SMILES string of the molecule is CCCCN(CCCC)C(C)(CN)Cc1ccc(Br)cc1. The molecule has 0 radical (unpaired) electrons. The van der Waals surface area contributed by atoms with E-state index in [-0.39, 0.29) is 5.54 Å². The van der Waals surface area contributed by atoms with Crippen LogP contribution >= 0.6 is 15.9 Å². The molecular weight excluding hydrogens is 324 g/mol. The maximum absolute atomic E-state index is 6.18. The number of hydrogen-bond donors (Lipinski definition) is 1. The summed E-state index contributed by atoms with van der Waals surface area (Å²) in [6, 6.07) is 8.65. The highest BCUT2D eigenvalue weighted by Gasteiger charge is 2.29. The van der Waals surface area contributed by atoms with Crippen molar-refractivity contribution >= 4 is 15.9 Å². The van der Waals surface area contributed by atoms with E-state index in [1.807, 2.05) is 0 Å². The van der Waals surface area contributed by atoms with Gasteiger partial charge in [-0.05, 0) is 57.0 Å². The molecule has 0 saturated heterocycles. The molecule has 1 rings (SSSR count). The van der Waals surface area contributed by atoms with Crippen LogP contribution < -0.4 is 5.73 Å². The van der Waals surface area contributed by atoms with E-state index in [1.165, 1.54) is 31.2 Å². The van der Waals surface area contributed by atoms with Crippen molar-refractivity contribution in [2.24, 2.45) is 5.73 Å². The van der Waals surface area contributed by atoms with Crippen LogP contribution in [0.4, 0.5) is 0 Å². The molecule has 2 N–H and O–H groups in total.